The third-order valence-electron chi connectivity index (χ3n) is 5.88. The number of halogens is 4. The molecule has 1 amide bonds. The van der Waals surface area contributed by atoms with E-state index in [4.69, 9.17) is 16.3 Å². The third kappa shape index (κ3) is 5.37. The van der Waals surface area contributed by atoms with Crippen LogP contribution in [0.5, 0.6) is 11.5 Å². The van der Waals surface area contributed by atoms with Crippen molar-refractivity contribution >= 4 is 23.2 Å². The quantitative estimate of drug-likeness (QED) is 0.388. The molecule has 1 N–H and O–H groups in total. The molecule has 1 aliphatic rings. The summed E-state index contributed by atoms with van der Waals surface area (Å²) in [4.78, 5) is 14.8. The highest BCUT2D eigenvalue weighted by molar-refractivity contribution is 6.30. The molecule has 34 heavy (non-hydrogen) atoms. The Morgan fingerprint density at radius 3 is 2.26 bits per heavy atom. The number of amides is 1. The van der Waals surface area contributed by atoms with Crippen LogP contribution in [0.4, 0.5) is 18.9 Å². The molecule has 8 heteroatoms. The number of ether oxygens (including phenoxy) is 1. The second kappa shape index (κ2) is 10.1. The molecule has 1 saturated heterocycles. The maximum atomic E-state index is 13.3. The fraction of sp³-hybridized carbons (Fsp3) is 0.269. The lowest BCUT2D eigenvalue weighted by Crippen LogP contribution is -2.29. The second-order valence-corrected chi connectivity index (χ2v) is 8.63. The van der Waals surface area contributed by atoms with Crippen LogP contribution >= 0.6 is 11.6 Å². The minimum atomic E-state index is -4.47. The van der Waals surface area contributed by atoms with Crippen LogP contribution in [0, 0.1) is 5.92 Å². The SMILES string of the molecule is O=C1C(CCCO)CC(c2cccc(C(F)(F)F)c2)N1c1ccc(Oc2ccc(Cl)cc2)cc1. The Labute approximate surface area is 200 Å². The Kier molecular flexibility index (Phi) is 7.14. The highest BCUT2D eigenvalue weighted by atomic mass is 35.5. The Hall–Kier alpha value is -3.03. The van der Waals surface area contributed by atoms with Gasteiger partial charge in [0.15, 0.2) is 0 Å². The van der Waals surface area contributed by atoms with E-state index in [0.717, 1.165) is 12.1 Å². The molecule has 0 bridgehead atoms. The van der Waals surface area contributed by atoms with Gasteiger partial charge in [0.05, 0.1) is 11.6 Å². The van der Waals surface area contributed by atoms with Crippen molar-refractivity contribution in [2.45, 2.75) is 31.5 Å². The summed E-state index contributed by atoms with van der Waals surface area (Å²) in [7, 11) is 0. The van der Waals surface area contributed by atoms with E-state index >= 15 is 0 Å². The summed E-state index contributed by atoms with van der Waals surface area (Å²) in [5.41, 5.74) is 0.251. The minimum Gasteiger partial charge on any atom is -0.457 e. The summed E-state index contributed by atoms with van der Waals surface area (Å²) in [5, 5.41) is 9.79. The molecule has 0 aromatic heterocycles. The molecule has 2 unspecified atom stereocenters. The van der Waals surface area contributed by atoms with E-state index < -0.39 is 17.8 Å². The van der Waals surface area contributed by atoms with Gasteiger partial charge in [-0.25, -0.2) is 0 Å². The fourth-order valence-electron chi connectivity index (χ4n) is 4.23. The summed E-state index contributed by atoms with van der Waals surface area (Å²) < 4.78 is 45.7. The van der Waals surface area contributed by atoms with Crippen LogP contribution in [0.2, 0.25) is 5.02 Å². The molecular weight excluding hydrogens is 467 g/mol. The first-order valence-corrected chi connectivity index (χ1v) is 11.3. The number of aliphatic hydroxyl groups excluding tert-OH is 1. The highest BCUT2D eigenvalue weighted by Crippen LogP contribution is 2.43. The largest absolute Gasteiger partial charge is 0.457 e. The molecule has 2 atom stereocenters. The molecule has 0 spiro atoms. The number of aliphatic hydroxyl groups is 1. The van der Waals surface area contributed by atoms with Gasteiger partial charge in [0.2, 0.25) is 5.91 Å². The highest BCUT2D eigenvalue weighted by Gasteiger charge is 2.41. The van der Waals surface area contributed by atoms with E-state index in [2.05, 4.69) is 0 Å². The van der Waals surface area contributed by atoms with Crippen molar-refractivity contribution in [2.24, 2.45) is 5.92 Å². The zero-order valence-electron chi connectivity index (χ0n) is 18.1. The first-order chi connectivity index (χ1) is 16.3. The Morgan fingerprint density at radius 2 is 1.65 bits per heavy atom. The summed E-state index contributed by atoms with van der Waals surface area (Å²) in [6, 6.07) is 18.3. The summed E-state index contributed by atoms with van der Waals surface area (Å²) in [6.07, 6.45) is -3.17. The number of rotatable bonds is 7. The van der Waals surface area contributed by atoms with E-state index in [1.54, 1.807) is 59.5 Å². The molecule has 4 rings (SSSR count). The summed E-state index contributed by atoms with van der Waals surface area (Å²) >= 11 is 5.89. The van der Waals surface area contributed by atoms with Gasteiger partial charge < -0.3 is 14.7 Å². The van der Waals surface area contributed by atoms with Gasteiger partial charge >= 0.3 is 6.18 Å². The molecule has 1 heterocycles. The molecule has 1 aliphatic heterocycles. The predicted octanol–water partition coefficient (Wildman–Crippen LogP) is 7.02. The number of alkyl halides is 3. The molecule has 1 fully saturated rings. The Morgan fingerprint density at radius 1 is 1.00 bits per heavy atom. The van der Waals surface area contributed by atoms with Gasteiger partial charge in [0.1, 0.15) is 11.5 Å². The van der Waals surface area contributed by atoms with Gasteiger partial charge in [-0.3, -0.25) is 4.79 Å². The van der Waals surface area contributed by atoms with Gasteiger partial charge in [0.25, 0.3) is 0 Å². The average Bonchev–Trinajstić information content (AvgIpc) is 3.15. The molecule has 3 aromatic rings. The van der Waals surface area contributed by atoms with Crippen molar-refractivity contribution < 1.29 is 27.8 Å². The van der Waals surface area contributed by atoms with Crippen LogP contribution in [-0.2, 0) is 11.0 Å². The smallest absolute Gasteiger partial charge is 0.416 e. The summed E-state index contributed by atoms with van der Waals surface area (Å²) in [5.74, 6) is 0.601. The van der Waals surface area contributed by atoms with Gasteiger partial charge in [-0.2, -0.15) is 13.2 Å². The lowest BCUT2D eigenvalue weighted by Gasteiger charge is -2.26. The first kappa shape index (κ1) is 24.1. The zero-order valence-corrected chi connectivity index (χ0v) is 18.9. The normalized spacial score (nSPS) is 18.4. The Bertz CT molecular complexity index is 1130. The van der Waals surface area contributed by atoms with Crippen molar-refractivity contribution in [3.05, 3.63) is 88.9 Å². The van der Waals surface area contributed by atoms with Crippen LogP contribution in [0.25, 0.3) is 0 Å². The monoisotopic (exact) mass is 489 g/mol. The number of benzene rings is 3. The minimum absolute atomic E-state index is 0.0469. The van der Waals surface area contributed by atoms with E-state index in [9.17, 15) is 23.1 Å². The lowest BCUT2D eigenvalue weighted by molar-refractivity contribution is -0.137. The maximum absolute atomic E-state index is 13.3. The number of carbonyl (C=O) groups excluding carboxylic acids is 1. The van der Waals surface area contributed by atoms with E-state index in [1.165, 1.54) is 6.07 Å². The van der Waals surface area contributed by atoms with Crippen LogP contribution in [0.15, 0.2) is 72.8 Å². The van der Waals surface area contributed by atoms with Crippen molar-refractivity contribution in [1.29, 1.82) is 0 Å². The summed E-state index contributed by atoms with van der Waals surface area (Å²) in [6.45, 7) is -0.0469. The molecule has 3 aromatic carbocycles. The van der Waals surface area contributed by atoms with Gasteiger partial charge in [-0.15, -0.1) is 0 Å². The molecular formula is C26H23ClF3NO3. The average molecular weight is 490 g/mol. The topological polar surface area (TPSA) is 49.8 Å². The molecule has 0 radical (unpaired) electrons. The molecule has 0 saturated carbocycles. The van der Waals surface area contributed by atoms with E-state index in [1.807, 2.05) is 0 Å². The Balaban J connectivity index is 1.62. The lowest BCUT2D eigenvalue weighted by atomic mass is 9.95. The third-order valence-corrected chi connectivity index (χ3v) is 6.13. The van der Waals surface area contributed by atoms with Crippen LogP contribution in [0.1, 0.15) is 36.4 Å². The van der Waals surface area contributed by atoms with Gasteiger partial charge in [-0.1, -0.05) is 23.7 Å². The van der Waals surface area contributed by atoms with E-state index in [-0.39, 0.29) is 18.4 Å². The van der Waals surface area contributed by atoms with E-state index in [0.29, 0.717) is 47.0 Å². The molecule has 178 valence electrons. The van der Waals surface area contributed by atoms with Gasteiger partial charge in [-0.05, 0) is 85.5 Å². The van der Waals surface area contributed by atoms with Crippen LogP contribution in [0.3, 0.4) is 0 Å². The van der Waals surface area contributed by atoms with Gasteiger partial charge in [0, 0.05) is 23.2 Å². The molecule has 4 nitrogen and oxygen atoms in total. The standard InChI is InChI=1S/C26H23ClF3NO3/c27-20-6-10-22(11-7-20)34-23-12-8-21(9-13-23)31-24(16-18(25(31)33)4-2-14-32)17-3-1-5-19(15-17)26(28,29)30/h1,3,5-13,15,18,24,32H,2,4,14,16H2. The van der Waals surface area contributed by atoms with Crippen molar-refractivity contribution in [2.75, 3.05) is 11.5 Å². The second-order valence-electron chi connectivity index (χ2n) is 8.20. The number of nitrogens with zero attached hydrogens (tertiary/aromatic N) is 1. The number of hydrogen-bond donors (Lipinski definition) is 1. The number of hydrogen-bond acceptors (Lipinski definition) is 3. The maximum Gasteiger partial charge on any atom is 0.416 e. The van der Waals surface area contributed by atoms with Crippen LogP contribution in [-0.4, -0.2) is 17.6 Å². The number of carbonyl (C=O) groups is 1. The number of anilines is 1. The van der Waals surface area contributed by atoms with Crippen molar-refractivity contribution in [1.82, 2.24) is 0 Å². The van der Waals surface area contributed by atoms with Crippen molar-refractivity contribution in [3.63, 3.8) is 0 Å². The zero-order chi connectivity index (χ0) is 24.3. The van der Waals surface area contributed by atoms with Crippen molar-refractivity contribution in [3.8, 4) is 11.5 Å². The fourth-order valence-corrected chi connectivity index (χ4v) is 4.36. The van der Waals surface area contributed by atoms with Crippen LogP contribution < -0.4 is 9.64 Å². The predicted molar refractivity (Wildman–Crippen MR) is 124 cm³/mol. The molecule has 0 aliphatic carbocycles. The first-order valence-electron chi connectivity index (χ1n) is 10.9.